The van der Waals surface area contributed by atoms with E-state index in [4.69, 9.17) is 4.42 Å². The van der Waals surface area contributed by atoms with Crippen LogP contribution in [0.1, 0.15) is 25.8 Å². The van der Waals surface area contributed by atoms with E-state index in [2.05, 4.69) is 24.0 Å². The summed E-state index contributed by atoms with van der Waals surface area (Å²) in [4.78, 5) is 14.4. The summed E-state index contributed by atoms with van der Waals surface area (Å²) in [6.07, 6.45) is 1.19. The number of thioether (sulfide) groups is 1. The molecule has 1 aliphatic heterocycles. The number of hydrogen-bond donors (Lipinski definition) is 0. The molecule has 2 heterocycles. The van der Waals surface area contributed by atoms with E-state index in [1.54, 1.807) is 0 Å². The second-order valence-electron chi connectivity index (χ2n) is 6.72. The van der Waals surface area contributed by atoms with Gasteiger partial charge in [0.1, 0.15) is 0 Å². The average Bonchev–Trinajstić information content (AvgIpc) is 3.01. The van der Waals surface area contributed by atoms with Crippen LogP contribution >= 0.6 is 11.8 Å². The van der Waals surface area contributed by atoms with E-state index >= 15 is 0 Å². The lowest BCUT2D eigenvalue weighted by molar-refractivity contribution is -0.130. The summed E-state index contributed by atoms with van der Waals surface area (Å²) in [5.74, 6) is 2.13. The highest BCUT2D eigenvalue weighted by Gasteiger charge is 2.25. The lowest BCUT2D eigenvalue weighted by atomic mass is 9.92. The van der Waals surface area contributed by atoms with Gasteiger partial charge in [0.2, 0.25) is 11.8 Å². The Kier molecular flexibility index (Phi) is 5.23. The maximum atomic E-state index is 12.4. The van der Waals surface area contributed by atoms with Gasteiger partial charge < -0.3 is 9.32 Å². The lowest BCUT2D eigenvalue weighted by Crippen LogP contribution is -2.43. The van der Waals surface area contributed by atoms with E-state index < -0.39 is 0 Å². The molecule has 5 nitrogen and oxygen atoms in total. The summed E-state index contributed by atoms with van der Waals surface area (Å²) >= 11 is 1.31. The lowest BCUT2D eigenvalue weighted by Gasteiger charge is -2.34. The first-order valence-corrected chi connectivity index (χ1v) is 9.31. The van der Waals surface area contributed by atoms with Crippen LogP contribution < -0.4 is 0 Å². The molecule has 2 atom stereocenters. The third-order valence-electron chi connectivity index (χ3n) is 4.32. The van der Waals surface area contributed by atoms with Gasteiger partial charge in [-0.05, 0) is 36.8 Å². The van der Waals surface area contributed by atoms with Crippen molar-refractivity contribution in [1.29, 1.82) is 0 Å². The van der Waals surface area contributed by atoms with Crippen molar-refractivity contribution >= 4 is 17.7 Å². The molecule has 1 aromatic heterocycles. The third kappa shape index (κ3) is 3.98. The molecule has 1 aliphatic rings. The first-order chi connectivity index (χ1) is 11.5. The summed E-state index contributed by atoms with van der Waals surface area (Å²) in [5.41, 5.74) is 2.02. The van der Waals surface area contributed by atoms with Gasteiger partial charge >= 0.3 is 0 Å². The Bertz CT molecular complexity index is 706. The molecule has 0 spiro atoms. The van der Waals surface area contributed by atoms with Crippen LogP contribution in [0.5, 0.6) is 0 Å². The molecule has 6 heteroatoms. The van der Waals surface area contributed by atoms with Gasteiger partial charge in [-0.15, -0.1) is 10.2 Å². The van der Waals surface area contributed by atoms with E-state index in [1.165, 1.54) is 18.2 Å². The van der Waals surface area contributed by atoms with Crippen molar-refractivity contribution in [3.8, 4) is 11.5 Å². The first kappa shape index (κ1) is 17.0. The quantitative estimate of drug-likeness (QED) is 0.792. The number of rotatable bonds is 4. The normalized spacial score (nSPS) is 21.0. The average molecular weight is 345 g/mol. The predicted molar refractivity (Wildman–Crippen MR) is 94.7 cm³/mol. The minimum atomic E-state index is 0.147. The molecule has 128 valence electrons. The van der Waals surface area contributed by atoms with Gasteiger partial charge in [0.25, 0.3) is 5.22 Å². The monoisotopic (exact) mass is 345 g/mol. The van der Waals surface area contributed by atoms with Gasteiger partial charge in [-0.1, -0.05) is 43.8 Å². The highest BCUT2D eigenvalue weighted by molar-refractivity contribution is 7.99. The molecule has 0 aliphatic carbocycles. The number of aryl methyl sites for hydroxylation is 1. The van der Waals surface area contributed by atoms with Gasteiger partial charge in [-0.2, -0.15) is 0 Å². The van der Waals surface area contributed by atoms with Gasteiger partial charge in [-0.25, -0.2) is 0 Å². The minimum Gasteiger partial charge on any atom is -0.411 e. The maximum Gasteiger partial charge on any atom is 0.277 e. The summed E-state index contributed by atoms with van der Waals surface area (Å²) in [6, 6.07) is 7.89. The molecule has 0 bridgehead atoms. The van der Waals surface area contributed by atoms with Crippen LogP contribution in [-0.4, -0.2) is 39.8 Å². The van der Waals surface area contributed by atoms with Gasteiger partial charge in [-0.3, -0.25) is 4.79 Å². The smallest absolute Gasteiger partial charge is 0.277 e. The molecule has 1 amide bonds. The molecule has 1 saturated heterocycles. The van der Waals surface area contributed by atoms with Crippen LogP contribution in [0.2, 0.25) is 0 Å². The van der Waals surface area contributed by atoms with E-state index in [9.17, 15) is 4.79 Å². The second-order valence-corrected chi connectivity index (χ2v) is 7.65. The molecule has 1 aromatic carbocycles. The molecular formula is C18H23N3O2S. The van der Waals surface area contributed by atoms with Gasteiger partial charge in [0.05, 0.1) is 5.75 Å². The number of likely N-dealkylation sites (tertiary alicyclic amines) is 1. The molecule has 0 unspecified atom stereocenters. The number of piperidine rings is 1. The highest BCUT2D eigenvalue weighted by atomic mass is 32.2. The molecule has 0 radical (unpaired) electrons. The van der Waals surface area contributed by atoms with Crippen molar-refractivity contribution in [3.05, 3.63) is 29.8 Å². The zero-order valence-electron chi connectivity index (χ0n) is 14.4. The zero-order chi connectivity index (χ0) is 17.1. The zero-order valence-corrected chi connectivity index (χ0v) is 15.2. The molecule has 3 rings (SSSR count). The molecule has 24 heavy (non-hydrogen) atoms. The van der Waals surface area contributed by atoms with Gasteiger partial charge in [0.15, 0.2) is 0 Å². The Labute approximate surface area is 146 Å². The number of hydrogen-bond acceptors (Lipinski definition) is 5. The largest absolute Gasteiger partial charge is 0.411 e. The van der Waals surface area contributed by atoms with E-state index in [0.717, 1.165) is 24.2 Å². The maximum absolute atomic E-state index is 12.4. The Morgan fingerprint density at radius 2 is 1.96 bits per heavy atom. The van der Waals surface area contributed by atoms with E-state index in [0.29, 0.717) is 28.7 Å². The third-order valence-corrected chi connectivity index (χ3v) is 5.13. The van der Waals surface area contributed by atoms with E-state index in [1.807, 2.05) is 36.1 Å². The number of carbonyl (C=O) groups is 1. The van der Waals surface area contributed by atoms with E-state index in [-0.39, 0.29) is 5.91 Å². The summed E-state index contributed by atoms with van der Waals surface area (Å²) in [6.45, 7) is 8.11. The van der Waals surface area contributed by atoms with Crippen molar-refractivity contribution < 1.29 is 9.21 Å². The second kappa shape index (κ2) is 7.38. The fourth-order valence-electron chi connectivity index (χ4n) is 3.27. The van der Waals surface area contributed by atoms with Crippen molar-refractivity contribution in [1.82, 2.24) is 15.1 Å². The molecule has 0 N–H and O–H groups in total. The topological polar surface area (TPSA) is 59.2 Å². The number of aromatic nitrogens is 2. The fourth-order valence-corrected chi connectivity index (χ4v) is 3.94. The Morgan fingerprint density at radius 3 is 2.67 bits per heavy atom. The standard InChI is InChI=1S/C18H23N3O2S/c1-12-8-13(2)10-21(9-12)16(22)11-24-18-20-19-17(23-18)15-7-5-4-6-14(15)3/h4-7,12-13H,8-11H2,1-3H3/t12-,13-/m1/s1. The van der Waals surface area contributed by atoms with Crippen LogP contribution in [-0.2, 0) is 4.79 Å². The Morgan fingerprint density at radius 1 is 1.25 bits per heavy atom. The van der Waals surface area contributed by atoms with Crippen molar-refractivity contribution in [3.63, 3.8) is 0 Å². The summed E-state index contributed by atoms with van der Waals surface area (Å²) in [5, 5.41) is 8.60. The van der Waals surface area contributed by atoms with Crippen molar-refractivity contribution in [2.45, 2.75) is 32.4 Å². The number of nitrogens with zero attached hydrogens (tertiary/aromatic N) is 3. The predicted octanol–water partition coefficient (Wildman–Crippen LogP) is 3.64. The van der Waals surface area contributed by atoms with Crippen LogP contribution in [0, 0.1) is 18.8 Å². The Hall–Kier alpha value is -1.82. The van der Waals surface area contributed by atoms with Crippen molar-refractivity contribution in [2.75, 3.05) is 18.8 Å². The number of amides is 1. The Balaban J connectivity index is 1.59. The summed E-state index contributed by atoms with van der Waals surface area (Å²) < 4.78 is 5.70. The fraction of sp³-hybridized carbons (Fsp3) is 0.500. The van der Waals surface area contributed by atoms with Crippen molar-refractivity contribution in [2.24, 2.45) is 11.8 Å². The first-order valence-electron chi connectivity index (χ1n) is 8.33. The van der Waals surface area contributed by atoms with Crippen LogP contribution in [0.3, 0.4) is 0 Å². The van der Waals surface area contributed by atoms with Crippen LogP contribution in [0.4, 0.5) is 0 Å². The summed E-state index contributed by atoms with van der Waals surface area (Å²) in [7, 11) is 0. The van der Waals surface area contributed by atoms with Crippen LogP contribution in [0.25, 0.3) is 11.5 Å². The highest BCUT2D eigenvalue weighted by Crippen LogP contribution is 2.26. The number of carbonyl (C=O) groups excluding carboxylic acids is 1. The molecule has 0 saturated carbocycles. The molecular weight excluding hydrogens is 322 g/mol. The van der Waals surface area contributed by atoms with Gasteiger partial charge in [0, 0.05) is 18.7 Å². The molecule has 2 aromatic rings. The number of benzene rings is 1. The minimum absolute atomic E-state index is 0.147. The van der Waals surface area contributed by atoms with Crippen LogP contribution in [0.15, 0.2) is 33.9 Å². The molecule has 1 fully saturated rings. The SMILES string of the molecule is Cc1ccccc1-c1nnc(SCC(=O)N2C[C@H](C)C[C@@H](C)C2)o1.